The number of aromatic nitrogens is 2. The van der Waals surface area contributed by atoms with E-state index in [1.807, 2.05) is 0 Å². The van der Waals surface area contributed by atoms with Gasteiger partial charge in [0.1, 0.15) is 0 Å². The van der Waals surface area contributed by atoms with Crippen molar-refractivity contribution in [3.8, 4) is 11.8 Å². The van der Waals surface area contributed by atoms with Crippen LogP contribution in [-0.4, -0.2) is 29.9 Å². The van der Waals surface area contributed by atoms with Gasteiger partial charge >= 0.3 is 0 Å². The lowest BCUT2D eigenvalue weighted by molar-refractivity contribution is 0.305. The Kier molecular flexibility index (Phi) is 4.62. The third kappa shape index (κ3) is 4.08. The Hall–Kier alpha value is -2.30. The van der Waals surface area contributed by atoms with Crippen LogP contribution in [0, 0.1) is 11.8 Å². The Morgan fingerprint density at radius 2 is 2.00 bits per heavy atom. The summed E-state index contributed by atoms with van der Waals surface area (Å²) in [5.41, 5.74) is 0.695. The molecule has 0 aliphatic carbocycles. The maximum absolute atomic E-state index is 12.2. The van der Waals surface area contributed by atoms with Crippen molar-refractivity contribution in [1.29, 1.82) is 0 Å². The predicted molar refractivity (Wildman–Crippen MR) is 79.0 cm³/mol. The van der Waals surface area contributed by atoms with E-state index in [1.54, 1.807) is 31.4 Å². The number of hydrogen-bond acceptors (Lipinski definition) is 4. The number of benzene rings is 1. The van der Waals surface area contributed by atoms with Gasteiger partial charge in [-0.15, -0.1) is 0 Å². The number of sulfonamides is 1. The summed E-state index contributed by atoms with van der Waals surface area (Å²) in [7, 11) is -1.95. The fourth-order valence-electron chi connectivity index (χ4n) is 1.60. The molecule has 0 bridgehead atoms. The summed E-state index contributed by atoms with van der Waals surface area (Å²) >= 11 is 0. The minimum absolute atomic E-state index is 0.00740. The number of rotatable bonds is 4. The molecule has 0 atom stereocenters. The van der Waals surface area contributed by atoms with Crippen molar-refractivity contribution in [3.63, 3.8) is 0 Å². The van der Waals surface area contributed by atoms with Crippen LogP contribution < -0.4 is 4.72 Å². The van der Waals surface area contributed by atoms with Crippen LogP contribution in [0.2, 0.25) is 0 Å². The average molecular weight is 305 g/mol. The second-order valence-electron chi connectivity index (χ2n) is 4.28. The van der Waals surface area contributed by atoms with Crippen LogP contribution in [0.3, 0.4) is 0 Å². The van der Waals surface area contributed by atoms with Gasteiger partial charge in [0.2, 0.25) is 0 Å². The van der Waals surface area contributed by atoms with Gasteiger partial charge in [0.15, 0.2) is 5.82 Å². The molecule has 110 valence electrons. The molecule has 0 aliphatic rings. The zero-order valence-electron chi connectivity index (χ0n) is 11.4. The molecule has 0 amide bonds. The summed E-state index contributed by atoms with van der Waals surface area (Å²) in [5, 5.41) is 12.6. The minimum Gasteiger partial charge on any atom is -0.395 e. The van der Waals surface area contributed by atoms with Gasteiger partial charge in [-0.2, -0.15) is 5.10 Å². The van der Waals surface area contributed by atoms with Crippen LogP contribution in [0.4, 0.5) is 5.82 Å². The van der Waals surface area contributed by atoms with E-state index in [4.69, 9.17) is 5.11 Å². The van der Waals surface area contributed by atoms with Gasteiger partial charge in [0, 0.05) is 31.3 Å². The maximum atomic E-state index is 12.2. The van der Waals surface area contributed by atoms with Crippen molar-refractivity contribution in [1.82, 2.24) is 9.78 Å². The van der Waals surface area contributed by atoms with Crippen molar-refractivity contribution < 1.29 is 13.5 Å². The first kappa shape index (κ1) is 15.1. The van der Waals surface area contributed by atoms with Crippen LogP contribution in [0.1, 0.15) is 12.0 Å². The molecule has 2 N–H and O–H groups in total. The summed E-state index contributed by atoms with van der Waals surface area (Å²) in [4.78, 5) is 0.140. The monoisotopic (exact) mass is 305 g/mol. The molecule has 0 fully saturated rings. The van der Waals surface area contributed by atoms with E-state index in [9.17, 15) is 8.42 Å². The van der Waals surface area contributed by atoms with E-state index in [-0.39, 0.29) is 17.3 Å². The van der Waals surface area contributed by atoms with E-state index in [0.717, 1.165) is 0 Å². The molecule has 2 aromatic rings. The summed E-state index contributed by atoms with van der Waals surface area (Å²) in [6.07, 6.45) is 2.04. The number of aliphatic hydroxyl groups is 1. The number of nitrogens with one attached hydrogen (secondary N) is 1. The lowest BCUT2D eigenvalue weighted by Gasteiger charge is -2.05. The van der Waals surface area contributed by atoms with Gasteiger partial charge in [0.25, 0.3) is 10.0 Å². The van der Waals surface area contributed by atoms with Crippen molar-refractivity contribution in [3.05, 3.63) is 42.1 Å². The summed E-state index contributed by atoms with van der Waals surface area (Å²) < 4.78 is 28.2. The van der Waals surface area contributed by atoms with Crippen molar-refractivity contribution in [2.45, 2.75) is 11.3 Å². The first-order chi connectivity index (χ1) is 10.0. The molecule has 0 unspecified atom stereocenters. The third-order valence-electron chi connectivity index (χ3n) is 2.59. The Morgan fingerprint density at radius 1 is 1.29 bits per heavy atom. The highest BCUT2D eigenvalue weighted by atomic mass is 32.2. The van der Waals surface area contributed by atoms with Crippen LogP contribution in [-0.2, 0) is 17.1 Å². The quantitative estimate of drug-likeness (QED) is 0.824. The largest absolute Gasteiger partial charge is 0.395 e. The fraction of sp³-hybridized carbons (Fsp3) is 0.214. The highest BCUT2D eigenvalue weighted by molar-refractivity contribution is 7.92. The lowest BCUT2D eigenvalue weighted by Crippen LogP contribution is -2.13. The van der Waals surface area contributed by atoms with Crippen molar-refractivity contribution in [2.75, 3.05) is 11.3 Å². The van der Waals surface area contributed by atoms with E-state index in [0.29, 0.717) is 12.0 Å². The molecule has 2 rings (SSSR count). The molecule has 0 radical (unpaired) electrons. The Bertz CT molecular complexity index is 768. The first-order valence-corrected chi connectivity index (χ1v) is 7.72. The van der Waals surface area contributed by atoms with Crippen molar-refractivity contribution >= 4 is 15.8 Å². The molecular formula is C14H15N3O3S. The highest BCUT2D eigenvalue weighted by Crippen LogP contribution is 2.14. The summed E-state index contributed by atoms with van der Waals surface area (Å²) in [5.74, 6) is 5.88. The van der Waals surface area contributed by atoms with E-state index < -0.39 is 10.0 Å². The molecule has 6 nitrogen and oxygen atoms in total. The minimum atomic E-state index is -3.66. The molecule has 1 heterocycles. The molecule has 7 heteroatoms. The van der Waals surface area contributed by atoms with Crippen LogP contribution in [0.25, 0.3) is 0 Å². The van der Waals surface area contributed by atoms with Crippen LogP contribution in [0.5, 0.6) is 0 Å². The average Bonchev–Trinajstić information content (AvgIpc) is 2.84. The van der Waals surface area contributed by atoms with Gasteiger partial charge < -0.3 is 5.11 Å². The Morgan fingerprint density at radius 3 is 2.57 bits per heavy atom. The third-order valence-corrected chi connectivity index (χ3v) is 3.96. The van der Waals surface area contributed by atoms with Gasteiger partial charge in [-0.05, 0) is 24.3 Å². The molecule has 1 aromatic carbocycles. The molecular weight excluding hydrogens is 290 g/mol. The van der Waals surface area contributed by atoms with E-state index in [1.165, 1.54) is 16.8 Å². The number of hydrogen-bond donors (Lipinski definition) is 2. The smallest absolute Gasteiger partial charge is 0.263 e. The molecule has 0 saturated carbocycles. The number of anilines is 1. The van der Waals surface area contributed by atoms with E-state index in [2.05, 4.69) is 21.7 Å². The second-order valence-corrected chi connectivity index (χ2v) is 5.96. The Labute approximate surface area is 123 Å². The van der Waals surface area contributed by atoms with Gasteiger partial charge in [-0.3, -0.25) is 9.40 Å². The molecule has 0 spiro atoms. The lowest BCUT2D eigenvalue weighted by atomic mass is 10.2. The Balaban J connectivity index is 2.15. The van der Waals surface area contributed by atoms with E-state index >= 15 is 0 Å². The molecule has 21 heavy (non-hydrogen) atoms. The normalized spacial score (nSPS) is 10.8. The number of nitrogens with zero attached hydrogens (tertiary/aromatic N) is 2. The van der Waals surface area contributed by atoms with Gasteiger partial charge in [-0.25, -0.2) is 8.42 Å². The van der Waals surface area contributed by atoms with Gasteiger partial charge in [0.05, 0.1) is 11.5 Å². The number of aliphatic hydroxyl groups excluding tert-OH is 1. The topological polar surface area (TPSA) is 84.2 Å². The predicted octanol–water partition coefficient (Wildman–Crippen LogP) is 0.955. The summed E-state index contributed by atoms with van der Waals surface area (Å²) in [6.45, 7) is 0.00740. The van der Waals surface area contributed by atoms with Crippen molar-refractivity contribution in [2.24, 2.45) is 7.05 Å². The zero-order chi connectivity index (χ0) is 15.3. The summed E-state index contributed by atoms with van der Waals surface area (Å²) in [6, 6.07) is 7.78. The maximum Gasteiger partial charge on any atom is 0.263 e. The number of aryl methyl sites for hydroxylation is 1. The molecule has 1 aromatic heterocycles. The van der Waals surface area contributed by atoms with Gasteiger partial charge in [-0.1, -0.05) is 11.8 Å². The molecule has 0 saturated heterocycles. The van der Waals surface area contributed by atoms with Crippen LogP contribution >= 0.6 is 0 Å². The zero-order valence-corrected chi connectivity index (χ0v) is 12.3. The molecule has 0 aliphatic heterocycles. The fourth-order valence-corrected chi connectivity index (χ4v) is 2.60. The SMILES string of the molecule is Cn1ccc(NS(=O)(=O)c2ccc(C#CCCO)cc2)n1. The van der Waals surface area contributed by atoms with Crippen LogP contribution in [0.15, 0.2) is 41.4 Å². The standard InChI is InChI=1S/C14H15N3O3S/c1-17-10-9-14(15-17)16-21(19,20)13-7-5-12(6-8-13)4-2-3-11-18/h5-10,18H,3,11H2,1H3,(H,15,16). The second kappa shape index (κ2) is 6.43. The highest BCUT2D eigenvalue weighted by Gasteiger charge is 2.14. The first-order valence-electron chi connectivity index (χ1n) is 6.23.